The van der Waals surface area contributed by atoms with Gasteiger partial charge in [-0.25, -0.2) is 5.43 Å². The summed E-state index contributed by atoms with van der Waals surface area (Å²) in [5.74, 6) is -1.40. The van der Waals surface area contributed by atoms with Crippen LogP contribution in [0.1, 0.15) is 19.4 Å². The fraction of sp³-hybridized carbons (Fsp3) is 0.308. The lowest BCUT2D eigenvalue weighted by atomic mass is 10.2. The van der Waals surface area contributed by atoms with Crippen LogP contribution in [0.25, 0.3) is 0 Å². The Bertz CT molecular complexity index is 528. The number of hydrogen-bond acceptors (Lipinski definition) is 3. The smallest absolute Gasteiger partial charge is 0.329 e. The van der Waals surface area contributed by atoms with Crippen molar-refractivity contribution in [2.24, 2.45) is 5.10 Å². The number of nitrogens with zero attached hydrogens (tertiary/aromatic N) is 2. The summed E-state index contributed by atoms with van der Waals surface area (Å²) in [5.41, 5.74) is 2.76. The van der Waals surface area contributed by atoms with E-state index < -0.39 is 11.8 Å². The first kappa shape index (κ1) is 16.5. The summed E-state index contributed by atoms with van der Waals surface area (Å²) in [6.45, 7) is 4.53. The number of carbonyl (C=O) groups excluding carboxylic acids is 2. The van der Waals surface area contributed by atoms with Gasteiger partial charge in [-0.05, 0) is 26.0 Å². The van der Waals surface area contributed by atoms with Crippen LogP contribution < -0.4 is 5.43 Å². The number of likely N-dealkylation sites (N-methyl/N-ethyl adjacent to an activating group) is 1. The van der Waals surface area contributed by atoms with Gasteiger partial charge >= 0.3 is 11.8 Å². The molecule has 0 spiro atoms. The van der Waals surface area contributed by atoms with Gasteiger partial charge in [0.15, 0.2) is 0 Å². The molecule has 0 saturated heterocycles. The fourth-order valence-corrected chi connectivity index (χ4v) is 1.93. The maximum absolute atomic E-state index is 11.7. The molecule has 0 aromatic heterocycles. The molecule has 0 bridgehead atoms. The molecule has 7 heteroatoms. The van der Waals surface area contributed by atoms with Crippen molar-refractivity contribution in [2.45, 2.75) is 13.8 Å². The third-order valence-corrected chi connectivity index (χ3v) is 3.14. The second-order valence-electron chi connectivity index (χ2n) is 3.84. The predicted octanol–water partition coefficient (Wildman–Crippen LogP) is 2.31. The van der Waals surface area contributed by atoms with Crippen molar-refractivity contribution < 1.29 is 9.59 Å². The van der Waals surface area contributed by atoms with Gasteiger partial charge in [0.25, 0.3) is 0 Å². The SMILES string of the molecule is CCN(CC)C(=O)C(=O)NN=Cc1ccc(Cl)cc1Cl. The van der Waals surface area contributed by atoms with Crippen molar-refractivity contribution in [3.63, 3.8) is 0 Å². The van der Waals surface area contributed by atoms with Gasteiger partial charge in [-0.15, -0.1) is 0 Å². The Hall–Kier alpha value is -1.59. The predicted molar refractivity (Wildman–Crippen MR) is 80.1 cm³/mol. The molecule has 1 aromatic carbocycles. The zero-order valence-electron chi connectivity index (χ0n) is 11.2. The van der Waals surface area contributed by atoms with E-state index in [1.807, 2.05) is 0 Å². The number of amides is 2. The Labute approximate surface area is 127 Å². The second-order valence-corrected chi connectivity index (χ2v) is 4.69. The van der Waals surface area contributed by atoms with Crippen molar-refractivity contribution in [1.82, 2.24) is 10.3 Å². The molecule has 108 valence electrons. The third-order valence-electron chi connectivity index (χ3n) is 2.58. The van der Waals surface area contributed by atoms with E-state index in [1.165, 1.54) is 11.1 Å². The van der Waals surface area contributed by atoms with Crippen molar-refractivity contribution >= 4 is 41.2 Å². The van der Waals surface area contributed by atoms with Crippen LogP contribution in [0.4, 0.5) is 0 Å². The zero-order valence-corrected chi connectivity index (χ0v) is 12.7. The summed E-state index contributed by atoms with van der Waals surface area (Å²) in [5, 5.41) is 4.62. The van der Waals surface area contributed by atoms with Crippen LogP contribution in [-0.2, 0) is 9.59 Å². The van der Waals surface area contributed by atoms with Crippen LogP contribution in [0.3, 0.4) is 0 Å². The van der Waals surface area contributed by atoms with Crippen molar-refractivity contribution in [3.8, 4) is 0 Å². The van der Waals surface area contributed by atoms with Crippen LogP contribution in [0.15, 0.2) is 23.3 Å². The van der Waals surface area contributed by atoms with E-state index in [4.69, 9.17) is 23.2 Å². The quantitative estimate of drug-likeness (QED) is 0.526. The van der Waals surface area contributed by atoms with E-state index in [1.54, 1.807) is 32.0 Å². The lowest BCUT2D eigenvalue weighted by Crippen LogP contribution is -2.41. The number of benzene rings is 1. The van der Waals surface area contributed by atoms with Gasteiger partial charge in [0, 0.05) is 23.7 Å². The first-order valence-corrected chi connectivity index (χ1v) is 6.82. The van der Waals surface area contributed by atoms with Crippen molar-refractivity contribution in [1.29, 1.82) is 0 Å². The molecule has 0 unspecified atom stereocenters. The van der Waals surface area contributed by atoms with Gasteiger partial charge in [0.05, 0.1) is 11.2 Å². The zero-order chi connectivity index (χ0) is 15.1. The molecule has 0 radical (unpaired) electrons. The first-order chi connectivity index (χ1) is 9.49. The molecule has 0 aliphatic carbocycles. The molecule has 1 N–H and O–H groups in total. The Kier molecular flexibility index (Phi) is 6.48. The minimum atomic E-state index is -0.782. The van der Waals surface area contributed by atoms with E-state index in [2.05, 4.69) is 10.5 Å². The number of rotatable bonds is 4. The summed E-state index contributed by atoms with van der Waals surface area (Å²) in [7, 11) is 0. The molecule has 0 fully saturated rings. The topological polar surface area (TPSA) is 61.8 Å². The Morgan fingerprint density at radius 2 is 1.95 bits per heavy atom. The molecule has 5 nitrogen and oxygen atoms in total. The maximum Gasteiger partial charge on any atom is 0.329 e. The van der Waals surface area contributed by atoms with Gasteiger partial charge in [-0.3, -0.25) is 9.59 Å². The molecule has 0 aliphatic heterocycles. The number of nitrogens with one attached hydrogen (secondary N) is 1. The van der Waals surface area contributed by atoms with Gasteiger partial charge < -0.3 is 4.90 Å². The molecule has 0 heterocycles. The molecule has 0 aliphatic rings. The molecular weight excluding hydrogens is 301 g/mol. The normalized spacial score (nSPS) is 10.6. The molecule has 1 rings (SSSR count). The highest BCUT2D eigenvalue weighted by atomic mass is 35.5. The van der Waals surface area contributed by atoms with Crippen LogP contribution in [-0.4, -0.2) is 36.0 Å². The van der Waals surface area contributed by atoms with E-state index in [-0.39, 0.29) is 0 Å². The lowest BCUT2D eigenvalue weighted by molar-refractivity contribution is -0.145. The van der Waals surface area contributed by atoms with Crippen LogP contribution in [0, 0.1) is 0 Å². The number of hydrogen-bond donors (Lipinski definition) is 1. The molecular formula is C13H15Cl2N3O2. The van der Waals surface area contributed by atoms with Crippen LogP contribution in [0.2, 0.25) is 10.0 Å². The van der Waals surface area contributed by atoms with Gasteiger partial charge in [0.2, 0.25) is 0 Å². The standard InChI is InChI=1S/C13H15Cl2N3O2/c1-3-18(4-2)13(20)12(19)17-16-8-9-5-6-10(14)7-11(9)15/h5-8H,3-4H2,1-2H3,(H,17,19). The van der Waals surface area contributed by atoms with Crippen LogP contribution in [0.5, 0.6) is 0 Å². The summed E-state index contributed by atoms with van der Waals surface area (Å²) in [6.07, 6.45) is 1.35. The first-order valence-electron chi connectivity index (χ1n) is 6.07. The largest absolute Gasteiger partial charge is 0.335 e. The summed E-state index contributed by atoms with van der Waals surface area (Å²) in [6, 6.07) is 4.87. The Morgan fingerprint density at radius 1 is 1.30 bits per heavy atom. The number of halogens is 2. The summed E-state index contributed by atoms with van der Waals surface area (Å²) in [4.78, 5) is 24.6. The van der Waals surface area contributed by atoms with Crippen LogP contribution >= 0.6 is 23.2 Å². The van der Waals surface area contributed by atoms with Gasteiger partial charge in [-0.2, -0.15) is 5.10 Å². The molecule has 2 amide bonds. The lowest BCUT2D eigenvalue weighted by Gasteiger charge is -2.16. The summed E-state index contributed by atoms with van der Waals surface area (Å²) < 4.78 is 0. The van der Waals surface area contributed by atoms with E-state index >= 15 is 0 Å². The Morgan fingerprint density at radius 3 is 2.50 bits per heavy atom. The molecule has 1 aromatic rings. The third kappa shape index (κ3) is 4.51. The minimum absolute atomic E-state index is 0.408. The molecule has 0 atom stereocenters. The second kappa shape index (κ2) is 7.87. The van der Waals surface area contributed by atoms with Crippen molar-refractivity contribution in [2.75, 3.05) is 13.1 Å². The van der Waals surface area contributed by atoms with Crippen molar-refractivity contribution in [3.05, 3.63) is 33.8 Å². The number of carbonyl (C=O) groups is 2. The fourth-order valence-electron chi connectivity index (χ4n) is 1.47. The average molecular weight is 316 g/mol. The van der Waals surface area contributed by atoms with E-state index in [9.17, 15) is 9.59 Å². The number of hydrazone groups is 1. The average Bonchev–Trinajstić information content (AvgIpc) is 2.42. The highest BCUT2D eigenvalue weighted by Crippen LogP contribution is 2.19. The molecule has 20 heavy (non-hydrogen) atoms. The Balaban J connectivity index is 2.64. The highest BCUT2D eigenvalue weighted by Gasteiger charge is 2.18. The van der Waals surface area contributed by atoms with Gasteiger partial charge in [-0.1, -0.05) is 29.3 Å². The van der Waals surface area contributed by atoms with Gasteiger partial charge in [0.1, 0.15) is 0 Å². The summed E-state index contributed by atoms with van der Waals surface area (Å²) >= 11 is 11.7. The monoisotopic (exact) mass is 315 g/mol. The maximum atomic E-state index is 11.7. The van der Waals surface area contributed by atoms with E-state index in [0.29, 0.717) is 28.7 Å². The molecule has 0 saturated carbocycles. The van der Waals surface area contributed by atoms with E-state index in [0.717, 1.165) is 0 Å². The minimum Gasteiger partial charge on any atom is -0.335 e. The highest BCUT2D eigenvalue weighted by molar-refractivity contribution is 6.36.